The Kier molecular flexibility index (Phi) is 7.77. The van der Waals surface area contributed by atoms with Crippen molar-refractivity contribution >= 4 is 21.6 Å². The molecule has 28 heavy (non-hydrogen) atoms. The van der Waals surface area contributed by atoms with Gasteiger partial charge in [-0.05, 0) is 64.9 Å². The standard InChI is InChI=1S/C20H29ClN2O4S/c1-20(2,3)7-4-15-10-16(21)12-18(11-15)27-14-17(24)13-23-8-5-19(6-9-23)28(22,25)26/h10-12,17,19,24H,5-6,8-9,13-14H2,1-3H3,(H2,22,25,26). The largest absolute Gasteiger partial charge is 0.491 e. The Morgan fingerprint density at radius 2 is 1.96 bits per heavy atom. The average molecular weight is 429 g/mol. The van der Waals surface area contributed by atoms with Gasteiger partial charge in [0, 0.05) is 22.5 Å². The molecule has 0 aromatic heterocycles. The van der Waals surface area contributed by atoms with Gasteiger partial charge < -0.3 is 14.7 Å². The molecule has 0 radical (unpaired) electrons. The molecule has 0 saturated carbocycles. The molecule has 1 unspecified atom stereocenters. The van der Waals surface area contributed by atoms with Crippen molar-refractivity contribution in [3.8, 4) is 17.6 Å². The first kappa shape index (κ1) is 23.0. The quantitative estimate of drug-likeness (QED) is 0.678. The Bertz CT molecular complexity index is 832. The third-order valence-electron chi connectivity index (χ3n) is 4.36. The molecule has 1 aromatic carbocycles. The van der Waals surface area contributed by atoms with Crippen molar-refractivity contribution in [3.63, 3.8) is 0 Å². The second-order valence-electron chi connectivity index (χ2n) is 8.23. The maximum Gasteiger partial charge on any atom is 0.212 e. The first-order chi connectivity index (χ1) is 12.9. The van der Waals surface area contributed by atoms with Gasteiger partial charge in [0.15, 0.2) is 0 Å². The topological polar surface area (TPSA) is 92.9 Å². The molecular weight excluding hydrogens is 400 g/mol. The summed E-state index contributed by atoms with van der Waals surface area (Å²) in [6.45, 7) is 7.79. The first-order valence-electron chi connectivity index (χ1n) is 9.31. The Labute approximate surface area is 173 Å². The maximum absolute atomic E-state index is 11.4. The van der Waals surface area contributed by atoms with E-state index in [4.69, 9.17) is 21.5 Å². The molecule has 1 aliphatic rings. The van der Waals surface area contributed by atoms with Crippen molar-refractivity contribution in [3.05, 3.63) is 28.8 Å². The minimum Gasteiger partial charge on any atom is -0.491 e. The van der Waals surface area contributed by atoms with E-state index in [0.29, 0.717) is 43.2 Å². The van der Waals surface area contributed by atoms with E-state index in [2.05, 4.69) is 11.8 Å². The van der Waals surface area contributed by atoms with E-state index in [-0.39, 0.29) is 12.0 Å². The summed E-state index contributed by atoms with van der Waals surface area (Å²) in [7, 11) is -3.48. The molecule has 2 rings (SSSR count). The molecule has 156 valence electrons. The smallest absolute Gasteiger partial charge is 0.212 e. The van der Waals surface area contributed by atoms with Crippen molar-refractivity contribution in [2.45, 2.75) is 45.0 Å². The lowest BCUT2D eigenvalue weighted by Crippen LogP contribution is -2.45. The van der Waals surface area contributed by atoms with Crippen LogP contribution in [0.5, 0.6) is 5.75 Å². The summed E-state index contributed by atoms with van der Waals surface area (Å²) < 4.78 is 28.5. The van der Waals surface area contributed by atoms with Gasteiger partial charge in [0.05, 0.1) is 5.25 Å². The summed E-state index contributed by atoms with van der Waals surface area (Å²) in [5, 5.41) is 15.5. The molecule has 0 aliphatic carbocycles. The molecule has 1 aromatic rings. The van der Waals surface area contributed by atoms with E-state index in [1.165, 1.54) is 0 Å². The maximum atomic E-state index is 11.4. The van der Waals surface area contributed by atoms with E-state index < -0.39 is 21.4 Å². The van der Waals surface area contributed by atoms with Crippen LogP contribution < -0.4 is 9.88 Å². The molecule has 1 heterocycles. The third-order valence-corrected chi connectivity index (χ3v) is 5.98. The first-order valence-corrected chi connectivity index (χ1v) is 11.3. The summed E-state index contributed by atoms with van der Waals surface area (Å²) >= 11 is 6.14. The molecular formula is C20H29ClN2O4S. The number of piperidine rings is 1. The van der Waals surface area contributed by atoms with Gasteiger partial charge in [0.25, 0.3) is 0 Å². The summed E-state index contributed by atoms with van der Waals surface area (Å²) in [6.07, 6.45) is 0.265. The zero-order valence-corrected chi connectivity index (χ0v) is 18.2. The number of hydrogen-bond donors (Lipinski definition) is 2. The number of aliphatic hydroxyl groups excluding tert-OH is 1. The number of β-amino-alcohol motifs (C(OH)–C–C–N with tert-alkyl or cyclic N) is 1. The monoisotopic (exact) mass is 428 g/mol. The van der Waals surface area contributed by atoms with Crippen LogP contribution in [0.25, 0.3) is 0 Å². The van der Waals surface area contributed by atoms with Crippen LogP contribution in [-0.2, 0) is 10.0 Å². The van der Waals surface area contributed by atoms with Crippen LogP contribution in [0, 0.1) is 17.3 Å². The van der Waals surface area contributed by atoms with Crippen LogP contribution in [0.2, 0.25) is 5.02 Å². The number of rotatable bonds is 6. The highest BCUT2D eigenvalue weighted by Gasteiger charge is 2.28. The molecule has 3 N–H and O–H groups in total. The van der Waals surface area contributed by atoms with Gasteiger partial charge in [0.2, 0.25) is 10.0 Å². The Balaban J connectivity index is 1.87. The highest BCUT2D eigenvalue weighted by Crippen LogP contribution is 2.22. The Morgan fingerprint density at radius 1 is 1.32 bits per heavy atom. The van der Waals surface area contributed by atoms with Gasteiger partial charge in [-0.3, -0.25) is 0 Å². The third kappa shape index (κ3) is 7.98. The molecule has 6 nitrogen and oxygen atoms in total. The van der Waals surface area contributed by atoms with Gasteiger partial charge in [0.1, 0.15) is 18.5 Å². The lowest BCUT2D eigenvalue weighted by molar-refractivity contribution is 0.0620. The lowest BCUT2D eigenvalue weighted by atomic mass is 9.97. The molecule has 0 spiro atoms. The predicted octanol–water partition coefficient (Wildman–Crippen LogP) is 2.23. The predicted molar refractivity (Wildman–Crippen MR) is 112 cm³/mol. The zero-order chi connectivity index (χ0) is 20.9. The van der Waals surface area contributed by atoms with Gasteiger partial charge >= 0.3 is 0 Å². The molecule has 1 atom stereocenters. The molecule has 8 heteroatoms. The molecule has 0 amide bonds. The van der Waals surface area contributed by atoms with E-state index in [9.17, 15) is 13.5 Å². The fourth-order valence-corrected chi connectivity index (χ4v) is 4.03. The summed E-state index contributed by atoms with van der Waals surface area (Å²) in [5.41, 5.74) is 0.646. The number of ether oxygens (including phenoxy) is 1. The number of likely N-dealkylation sites (tertiary alicyclic amines) is 1. The van der Waals surface area contributed by atoms with Gasteiger partial charge in [-0.15, -0.1) is 0 Å². The zero-order valence-electron chi connectivity index (χ0n) is 16.6. The highest BCUT2D eigenvalue weighted by molar-refractivity contribution is 7.89. The molecule has 1 aliphatic heterocycles. The fraction of sp³-hybridized carbons (Fsp3) is 0.600. The van der Waals surface area contributed by atoms with Crippen LogP contribution in [0.4, 0.5) is 0 Å². The number of aliphatic hydroxyl groups is 1. The Morgan fingerprint density at radius 3 is 2.54 bits per heavy atom. The number of sulfonamides is 1. The molecule has 0 bridgehead atoms. The second kappa shape index (κ2) is 9.47. The number of benzene rings is 1. The number of halogens is 1. The SMILES string of the molecule is CC(C)(C)C#Cc1cc(Cl)cc(OCC(O)CN2CCC(S(N)(=O)=O)CC2)c1. The van der Waals surface area contributed by atoms with Gasteiger partial charge in [-0.2, -0.15) is 0 Å². The van der Waals surface area contributed by atoms with Crippen molar-refractivity contribution in [2.24, 2.45) is 10.6 Å². The van der Waals surface area contributed by atoms with Crippen LogP contribution in [0.15, 0.2) is 18.2 Å². The number of nitrogens with two attached hydrogens (primary N) is 1. The van der Waals surface area contributed by atoms with Crippen molar-refractivity contribution in [1.82, 2.24) is 4.90 Å². The normalized spacial score (nSPS) is 17.6. The summed E-state index contributed by atoms with van der Waals surface area (Å²) in [5.74, 6) is 6.80. The van der Waals surface area contributed by atoms with E-state index in [0.717, 1.165) is 5.56 Å². The van der Waals surface area contributed by atoms with Crippen LogP contribution in [0.3, 0.4) is 0 Å². The summed E-state index contributed by atoms with van der Waals surface area (Å²) in [4.78, 5) is 2.02. The molecule has 1 fully saturated rings. The molecule has 1 saturated heterocycles. The van der Waals surface area contributed by atoms with Crippen LogP contribution in [0.1, 0.15) is 39.2 Å². The van der Waals surface area contributed by atoms with E-state index in [1.807, 2.05) is 25.7 Å². The van der Waals surface area contributed by atoms with Gasteiger partial charge in [-0.25, -0.2) is 13.6 Å². The minimum atomic E-state index is -3.48. The summed E-state index contributed by atoms with van der Waals surface area (Å²) in [6, 6.07) is 5.27. The number of nitrogens with zero attached hydrogens (tertiary/aromatic N) is 1. The van der Waals surface area contributed by atoms with Gasteiger partial charge in [-0.1, -0.05) is 23.4 Å². The van der Waals surface area contributed by atoms with Crippen molar-refractivity contribution in [2.75, 3.05) is 26.2 Å². The number of hydrogen-bond acceptors (Lipinski definition) is 5. The van der Waals surface area contributed by atoms with Crippen LogP contribution >= 0.6 is 11.6 Å². The average Bonchev–Trinajstić information content (AvgIpc) is 2.57. The number of primary sulfonamides is 1. The van der Waals surface area contributed by atoms with E-state index in [1.54, 1.807) is 18.2 Å². The van der Waals surface area contributed by atoms with Crippen molar-refractivity contribution in [1.29, 1.82) is 0 Å². The minimum absolute atomic E-state index is 0.113. The highest BCUT2D eigenvalue weighted by atomic mass is 35.5. The Hall–Kier alpha value is -1.30. The van der Waals surface area contributed by atoms with Crippen LogP contribution in [-0.4, -0.2) is 56.0 Å². The second-order valence-corrected chi connectivity index (χ2v) is 10.5. The van der Waals surface area contributed by atoms with Crippen molar-refractivity contribution < 1.29 is 18.3 Å². The fourth-order valence-electron chi connectivity index (χ4n) is 2.94. The lowest BCUT2D eigenvalue weighted by Gasteiger charge is -2.32. The van der Waals surface area contributed by atoms with E-state index >= 15 is 0 Å².